The van der Waals surface area contributed by atoms with Crippen LogP contribution in [0, 0.1) is 5.92 Å². The minimum atomic E-state index is 0.0330. The quantitative estimate of drug-likeness (QED) is 0.757. The van der Waals surface area contributed by atoms with E-state index in [2.05, 4.69) is 18.9 Å². The summed E-state index contributed by atoms with van der Waals surface area (Å²) in [5.41, 5.74) is 0.0330. The zero-order chi connectivity index (χ0) is 11.0. The second-order valence-corrected chi connectivity index (χ2v) is 4.90. The molecule has 0 radical (unpaired) electrons. The molecule has 0 bridgehead atoms. The van der Waals surface area contributed by atoms with Crippen LogP contribution >= 0.6 is 0 Å². The van der Waals surface area contributed by atoms with Gasteiger partial charge in [0.05, 0.1) is 0 Å². The lowest BCUT2D eigenvalue weighted by atomic mass is 9.85. The van der Waals surface area contributed by atoms with E-state index in [9.17, 15) is 4.79 Å². The average molecular weight is 209 g/mol. The molecule has 4 nitrogen and oxygen atoms in total. The second kappa shape index (κ2) is 3.83. The van der Waals surface area contributed by atoms with E-state index < -0.39 is 0 Å². The number of rotatable bonds is 3. The summed E-state index contributed by atoms with van der Waals surface area (Å²) in [6.07, 6.45) is 3.65. The van der Waals surface area contributed by atoms with Gasteiger partial charge in [-0.15, -0.1) is 0 Å². The first-order valence-corrected chi connectivity index (χ1v) is 5.73. The van der Waals surface area contributed by atoms with Crippen molar-refractivity contribution in [1.29, 1.82) is 0 Å². The molecule has 1 aliphatic rings. The maximum atomic E-state index is 11.8. The number of aromatic nitrogens is 3. The number of hydrogen-bond acceptors (Lipinski definition) is 2. The molecular weight excluding hydrogens is 190 g/mol. The largest absolute Gasteiger partial charge is 0.345 e. The molecule has 0 saturated heterocycles. The molecule has 1 aromatic heterocycles. The fourth-order valence-electron chi connectivity index (χ4n) is 2.03. The van der Waals surface area contributed by atoms with Crippen LogP contribution in [0.3, 0.4) is 0 Å². The molecule has 0 N–H and O–H groups in total. The van der Waals surface area contributed by atoms with Crippen molar-refractivity contribution in [2.45, 2.75) is 45.6 Å². The average Bonchev–Trinajstić information content (AvgIpc) is 2.30. The van der Waals surface area contributed by atoms with E-state index in [1.54, 1.807) is 7.05 Å². The highest BCUT2D eigenvalue weighted by Crippen LogP contribution is 2.34. The summed E-state index contributed by atoms with van der Waals surface area (Å²) in [7, 11) is 1.74. The summed E-state index contributed by atoms with van der Waals surface area (Å²) < 4.78 is 3.32. The maximum Gasteiger partial charge on any atom is 0.345 e. The minimum absolute atomic E-state index is 0.0330. The van der Waals surface area contributed by atoms with Gasteiger partial charge in [0.25, 0.3) is 0 Å². The highest BCUT2D eigenvalue weighted by molar-refractivity contribution is 5.01. The Balaban J connectivity index is 2.35. The molecule has 15 heavy (non-hydrogen) atoms. The van der Waals surface area contributed by atoms with Crippen molar-refractivity contribution in [1.82, 2.24) is 14.3 Å². The molecule has 4 heteroatoms. The van der Waals surface area contributed by atoms with Crippen LogP contribution in [0.4, 0.5) is 0 Å². The molecule has 0 aliphatic heterocycles. The smallest absolute Gasteiger partial charge is 0.278 e. The fraction of sp³-hybridized carbons (Fsp3) is 0.818. The van der Waals surface area contributed by atoms with Crippen LogP contribution < -0.4 is 5.69 Å². The first-order chi connectivity index (χ1) is 7.09. The number of aryl methyl sites for hydroxylation is 1. The number of hydrogen-bond donors (Lipinski definition) is 0. The van der Waals surface area contributed by atoms with Crippen molar-refractivity contribution in [2.75, 3.05) is 0 Å². The summed E-state index contributed by atoms with van der Waals surface area (Å²) in [6, 6.07) is 0. The van der Waals surface area contributed by atoms with Gasteiger partial charge in [0, 0.05) is 19.5 Å². The molecule has 1 heterocycles. The summed E-state index contributed by atoms with van der Waals surface area (Å²) in [4.78, 5) is 11.8. The van der Waals surface area contributed by atoms with E-state index in [0.717, 1.165) is 12.4 Å². The molecule has 0 amide bonds. The van der Waals surface area contributed by atoms with E-state index in [1.807, 2.05) is 4.57 Å². The molecule has 1 saturated carbocycles. The van der Waals surface area contributed by atoms with Gasteiger partial charge in [-0.2, -0.15) is 5.10 Å². The predicted octanol–water partition coefficient (Wildman–Crippen LogP) is 1.51. The Bertz CT molecular complexity index is 398. The Hall–Kier alpha value is -1.06. The third-order valence-electron chi connectivity index (χ3n) is 3.05. The molecule has 84 valence electrons. The van der Waals surface area contributed by atoms with Gasteiger partial charge < -0.3 is 0 Å². The van der Waals surface area contributed by atoms with Gasteiger partial charge in [0.2, 0.25) is 0 Å². The Morgan fingerprint density at radius 2 is 2.13 bits per heavy atom. The van der Waals surface area contributed by atoms with Crippen LogP contribution in [-0.2, 0) is 13.6 Å². The summed E-state index contributed by atoms with van der Waals surface area (Å²) in [6.45, 7) is 5.05. The van der Waals surface area contributed by atoms with Crippen molar-refractivity contribution < 1.29 is 0 Å². The highest BCUT2D eigenvalue weighted by atomic mass is 16.2. The Kier molecular flexibility index (Phi) is 2.67. The topological polar surface area (TPSA) is 39.8 Å². The number of nitrogens with zero attached hydrogens (tertiary/aromatic N) is 3. The second-order valence-electron chi connectivity index (χ2n) is 4.90. The van der Waals surface area contributed by atoms with Crippen LogP contribution in [-0.4, -0.2) is 14.3 Å². The van der Waals surface area contributed by atoms with Crippen molar-refractivity contribution in [3.8, 4) is 0 Å². The van der Waals surface area contributed by atoms with Crippen molar-refractivity contribution in [2.24, 2.45) is 13.0 Å². The monoisotopic (exact) mass is 209 g/mol. The highest BCUT2D eigenvalue weighted by Gasteiger charge is 2.26. The molecule has 2 rings (SSSR count). The Morgan fingerprint density at radius 1 is 1.47 bits per heavy atom. The van der Waals surface area contributed by atoms with Crippen LogP contribution in [0.5, 0.6) is 0 Å². The summed E-state index contributed by atoms with van der Waals surface area (Å²) >= 11 is 0. The van der Waals surface area contributed by atoms with Crippen LogP contribution in [0.25, 0.3) is 0 Å². The van der Waals surface area contributed by atoms with E-state index in [4.69, 9.17) is 0 Å². The Labute approximate surface area is 89.9 Å². The lowest BCUT2D eigenvalue weighted by Gasteiger charge is -2.24. The van der Waals surface area contributed by atoms with Gasteiger partial charge in [-0.3, -0.25) is 4.57 Å². The predicted molar refractivity (Wildman–Crippen MR) is 58.9 cm³/mol. The van der Waals surface area contributed by atoms with Gasteiger partial charge >= 0.3 is 5.69 Å². The third kappa shape index (κ3) is 1.85. The minimum Gasteiger partial charge on any atom is -0.278 e. The molecule has 0 atom stereocenters. The van der Waals surface area contributed by atoms with Gasteiger partial charge in [-0.1, -0.05) is 20.3 Å². The molecule has 0 spiro atoms. The first kappa shape index (κ1) is 10.5. The SMILES string of the molecule is CC(C)Cn1c(C2CCC2)nn(C)c1=O. The van der Waals surface area contributed by atoms with E-state index in [0.29, 0.717) is 11.8 Å². The molecular formula is C11H19N3O. The van der Waals surface area contributed by atoms with E-state index in [1.165, 1.54) is 23.9 Å². The standard InChI is InChI=1S/C11H19N3O/c1-8(2)7-14-10(9-5-4-6-9)12-13(3)11(14)15/h8-9H,4-7H2,1-3H3. The van der Waals surface area contributed by atoms with Crippen molar-refractivity contribution >= 4 is 0 Å². The Morgan fingerprint density at radius 3 is 2.60 bits per heavy atom. The summed E-state index contributed by atoms with van der Waals surface area (Å²) in [5, 5.41) is 4.35. The van der Waals surface area contributed by atoms with Crippen LogP contribution in [0.1, 0.15) is 44.9 Å². The molecule has 1 aromatic rings. The molecule has 0 aromatic carbocycles. The molecule has 1 aliphatic carbocycles. The summed E-state index contributed by atoms with van der Waals surface area (Å²) in [5.74, 6) is 2.02. The van der Waals surface area contributed by atoms with Gasteiger partial charge in [-0.05, 0) is 18.8 Å². The molecule has 0 unspecified atom stereocenters. The lowest BCUT2D eigenvalue weighted by molar-refractivity contribution is 0.373. The van der Waals surface area contributed by atoms with Crippen LogP contribution in [0.2, 0.25) is 0 Å². The van der Waals surface area contributed by atoms with Crippen molar-refractivity contribution in [3.63, 3.8) is 0 Å². The van der Waals surface area contributed by atoms with Crippen molar-refractivity contribution in [3.05, 3.63) is 16.3 Å². The van der Waals surface area contributed by atoms with Crippen LogP contribution in [0.15, 0.2) is 4.79 Å². The van der Waals surface area contributed by atoms with E-state index in [-0.39, 0.29) is 5.69 Å². The van der Waals surface area contributed by atoms with Gasteiger partial charge in [-0.25, -0.2) is 9.48 Å². The maximum absolute atomic E-state index is 11.8. The lowest BCUT2D eigenvalue weighted by Crippen LogP contribution is -2.27. The molecule has 1 fully saturated rings. The normalized spacial score (nSPS) is 17.1. The van der Waals surface area contributed by atoms with Gasteiger partial charge in [0.15, 0.2) is 0 Å². The third-order valence-corrected chi connectivity index (χ3v) is 3.05. The zero-order valence-electron chi connectivity index (χ0n) is 9.73. The fourth-order valence-corrected chi connectivity index (χ4v) is 2.03. The van der Waals surface area contributed by atoms with E-state index >= 15 is 0 Å². The first-order valence-electron chi connectivity index (χ1n) is 5.73. The zero-order valence-corrected chi connectivity index (χ0v) is 9.73. The van der Waals surface area contributed by atoms with Gasteiger partial charge in [0.1, 0.15) is 5.82 Å².